The minimum atomic E-state index is -0.781. The lowest BCUT2D eigenvalue weighted by Crippen LogP contribution is -2.42. The van der Waals surface area contributed by atoms with Gasteiger partial charge in [0.1, 0.15) is 5.76 Å². The van der Waals surface area contributed by atoms with Crippen LogP contribution in [0.2, 0.25) is 0 Å². The largest absolute Gasteiger partial charge is 0.507 e. The standard InChI is InChI=1S/C25H25BrN2O6/c1-33-25(32)18-4-2-16(3-5-18)21-20(22(29)17-6-8-19(26)9-7-17)23(30)24(31)28(21)11-10-27-12-14-34-15-13-27/h2-9,21,29H,10-15H2,1H3/b22-20+/t21-/m0/s1. The molecule has 1 atom stereocenters. The molecule has 0 unspecified atom stereocenters. The lowest BCUT2D eigenvalue weighted by molar-refractivity contribution is -0.140. The number of esters is 1. The lowest BCUT2D eigenvalue weighted by atomic mass is 9.94. The van der Waals surface area contributed by atoms with Gasteiger partial charge in [0.15, 0.2) is 0 Å². The van der Waals surface area contributed by atoms with Crippen molar-refractivity contribution in [1.29, 1.82) is 0 Å². The second-order valence-electron chi connectivity index (χ2n) is 8.07. The molecule has 2 saturated heterocycles. The molecular weight excluding hydrogens is 504 g/mol. The van der Waals surface area contributed by atoms with Crippen molar-refractivity contribution in [3.05, 3.63) is 75.3 Å². The minimum Gasteiger partial charge on any atom is -0.507 e. The normalized spacial score (nSPS) is 20.5. The number of carbonyl (C=O) groups is 3. The predicted molar refractivity (Wildman–Crippen MR) is 128 cm³/mol. The van der Waals surface area contributed by atoms with Gasteiger partial charge in [0.2, 0.25) is 0 Å². The highest BCUT2D eigenvalue weighted by molar-refractivity contribution is 9.10. The zero-order chi connectivity index (χ0) is 24.2. The maximum absolute atomic E-state index is 13.1. The molecule has 1 N–H and O–H groups in total. The fourth-order valence-corrected chi connectivity index (χ4v) is 4.48. The van der Waals surface area contributed by atoms with E-state index in [9.17, 15) is 19.5 Å². The van der Waals surface area contributed by atoms with Crippen molar-refractivity contribution in [2.75, 3.05) is 46.5 Å². The summed E-state index contributed by atoms with van der Waals surface area (Å²) in [7, 11) is 1.30. The second-order valence-corrected chi connectivity index (χ2v) is 8.98. The van der Waals surface area contributed by atoms with Crippen molar-refractivity contribution >= 4 is 39.3 Å². The molecule has 8 nitrogen and oxygen atoms in total. The Morgan fingerprint density at radius 1 is 1.03 bits per heavy atom. The van der Waals surface area contributed by atoms with Crippen LogP contribution in [-0.4, -0.2) is 79.1 Å². The molecule has 2 heterocycles. The van der Waals surface area contributed by atoms with E-state index in [1.165, 1.54) is 12.0 Å². The lowest BCUT2D eigenvalue weighted by Gasteiger charge is -2.31. The maximum Gasteiger partial charge on any atom is 0.337 e. The van der Waals surface area contributed by atoms with Crippen LogP contribution in [-0.2, 0) is 19.1 Å². The highest BCUT2D eigenvalue weighted by atomic mass is 79.9. The molecule has 34 heavy (non-hydrogen) atoms. The van der Waals surface area contributed by atoms with Crippen LogP contribution in [0.15, 0.2) is 58.6 Å². The number of benzene rings is 2. The van der Waals surface area contributed by atoms with Crippen LogP contribution in [0, 0.1) is 0 Å². The number of hydrogen-bond acceptors (Lipinski definition) is 7. The number of carbonyl (C=O) groups excluding carboxylic acids is 3. The van der Waals surface area contributed by atoms with Gasteiger partial charge >= 0.3 is 5.97 Å². The van der Waals surface area contributed by atoms with E-state index in [-0.39, 0.29) is 11.3 Å². The van der Waals surface area contributed by atoms with Gasteiger partial charge in [-0.15, -0.1) is 0 Å². The predicted octanol–water partition coefficient (Wildman–Crippen LogP) is 2.99. The number of morpholine rings is 1. The number of ketones is 1. The summed E-state index contributed by atoms with van der Waals surface area (Å²) in [4.78, 5) is 41.8. The molecule has 2 aliphatic rings. The quantitative estimate of drug-likeness (QED) is 0.266. The summed E-state index contributed by atoms with van der Waals surface area (Å²) in [6.45, 7) is 3.64. The number of Topliss-reactive ketones (excluding diaryl/α,β-unsaturated/α-hetero) is 1. The maximum atomic E-state index is 13.1. The number of amides is 1. The van der Waals surface area contributed by atoms with Crippen LogP contribution >= 0.6 is 15.9 Å². The van der Waals surface area contributed by atoms with Gasteiger partial charge < -0.3 is 19.5 Å². The van der Waals surface area contributed by atoms with E-state index in [1.54, 1.807) is 48.5 Å². The number of hydrogen-bond donors (Lipinski definition) is 1. The van der Waals surface area contributed by atoms with Crippen molar-refractivity contribution < 1.29 is 29.0 Å². The first-order chi connectivity index (χ1) is 16.4. The fourth-order valence-electron chi connectivity index (χ4n) is 4.21. The Hall–Kier alpha value is -3.01. The number of halogens is 1. The smallest absolute Gasteiger partial charge is 0.337 e. The van der Waals surface area contributed by atoms with Crippen LogP contribution < -0.4 is 0 Å². The van der Waals surface area contributed by atoms with Crippen LogP contribution in [0.5, 0.6) is 0 Å². The molecule has 2 aliphatic heterocycles. The Bertz CT molecular complexity index is 1110. The Kier molecular flexibility index (Phi) is 7.45. The molecular formula is C25H25BrN2O6. The highest BCUT2D eigenvalue weighted by Gasteiger charge is 2.46. The molecule has 0 saturated carbocycles. The Morgan fingerprint density at radius 3 is 2.26 bits per heavy atom. The number of rotatable bonds is 6. The molecule has 0 bridgehead atoms. The number of nitrogens with zero attached hydrogens (tertiary/aromatic N) is 2. The third-order valence-corrected chi connectivity index (χ3v) is 6.59. The van der Waals surface area contributed by atoms with Crippen molar-refractivity contribution in [3.8, 4) is 0 Å². The summed E-state index contributed by atoms with van der Waals surface area (Å²) in [5.74, 6) is -2.11. The third-order valence-electron chi connectivity index (χ3n) is 6.07. The molecule has 0 radical (unpaired) electrons. The first-order valence-electron chi connectivity index (χ1n) is 10.9. The Balaban J connectivity index is 1.73. The van der Waals surface area contributed by atoms with Crippen molar-refractivity contribution in [3.63, 3.8) is 0 Å². The van der Waals surface area contributed by atoms with E-state index in [1.807, 2.05) is 0 Å². The van der Waals surface area contributed by atoms with E-state index in [0.29, 0.717) is 43.0 Å². The zero-order valence-electron chi connectivity index (χ0n) is 18.7. The molecule has 9 heteroatoms. The fraction of sp³-hybridized carbons (Fsp3) is 0.320. The average molecular weight is 529 g/mol. The molecule has 0 aliphatic carbocycles. The first-order valence-corrected chi connectivity index (χ1v) is 11.7. The number of likely N-dealkylation sites (tertiary alicyclic amines) is 1. The average Bonchev–Trinajstić information content (AvgIpc) is 3.12. The van der Waals surface area contributed by atoms with Gasteiger partial charge in [-0.1, -0.05) is 40.2 Å². The Labute approximate surface area is 205 Å². The number of aliphatic hydroxyl groups is 1. The summed E-state index contributed by atoms with van der Waals surface area (Å²) < 4.78 is 11.0. The monoisotopic (exact) mass is 528 g/mol. The van der Waals surface area contributed by atoms with Gasteiger partial charge in [0.25, 0.3) is 11.7 Å². The topological polar surface area (TPSA) is 96.4 Å². The highest BCUT2D eigenvalue weighted by Crippen LogP contribution is 2.39. The molecule has 0 aromatic heterocycles. The summed E-state index contributed by atoms with van der Waals surface area (Å²) >= 11 is 3.36. The van der Waals surface area contributed by atoms with E-state index >= 15 is 0 Å². The first kappa shape index (κ1) is 24.1. The van der Waals surface area contributed by atoms with Crippen LogP contribution in [0.4, 0.5) is 0 Å². The molecule has 1 amide bonds. The van der Waals surface area contributed by atoms with Crippen LogP contribution in [0.3, 0.4) is 0 Å². The molecule has 4 rings (SSSR count). The summed E-state index contributed by atoms with van der Waals surface area (Å²) in [6, 6.07) is 12.6. The van der Waals surface area contributed by atoms with Crippen LogP contribution in [0.1, 0.15) is 27.5 Å². The minimum absolute atomic E-state index is 0.0279. The molecule has 2 aromatic rings. The van der Waals surface area contributed by atoms with Gasteiger partial charge in [-0.3, -0.25) is 14.5 Å². The summed E-state index contributed by atoms with van der Waals surface area (Å²) in [5, 5.41) is 11.1. The molecule has 2 fully saturated rings. The SMILES string of the molecule is COC(=O)c1ccc([C@H]2/C(=C(\O)c3ccc(Br)cc3)C(=O)C(=O)N2CCN2CCOCC2)cc1. The summed E-state index contributed by atoms with van der Waals surface area (Å²) in [5.41, 5.74) is 1.43. The number of aliphatic hydroxyl groups excluding tert-OH is 1. The zero-order valence-corrected chi connectivity index (χ0v) is 20.3. The van der Waals surface area contributed by atoms with Gasteiger partial charge in [0.05, 0.1) is 37.5 Å². The van der Waals surface area contributed by atoms with Crippen molar-refractivity contribution in [2.45, 2.75) is 6.04 Å². The van der Waals surface area contributed by atoms with Gasteiger partial charge in [0, 0.05) is 36.2 Å². The second kappa shape index (κ2) is 10.5. The van der Waals surface area contributed by atoms with Crippen molar-refractivity contribution in [2.24, 2.45) is 0 Å². The van der Waals surface area contributed by atoms with E-state index in [4.69, 9.17) is 9.47 Å². The number of ether oxygens (including phenoxy) is 2. The van der Waals surface area contributed by atoms with E-state index in [0.717, 1.165) is 17.6 Å². The van der Waals surface area contributed by atoms with Crippen molar-refractivity contribution in [1.82, 2.24) is 9.80 Å². The molecule has 2 aromatic carbocycles. The van der Waals surface area contributed by atoms with Crippen LogP contribution in [0.25, 0.3) is 5.76 Å². The Morgan fingerprint density at radius 2 is 1.65 bits per heavy atom. The van der Waals surface area contributed by atoms with E-state index in [2.05, 4.69) is 20.8 Å². The summed E-state index contributed by atoms with van der Waals surface area (Å²) in [6.07, 6.45) is 0. The van der Waals surface area contributed by atoms with E-state index < -0.39 is 23.7 Å². The molecule has 178 valence electrons. The van der Waals surface area contributed by atoms with Gasteiger partial charge in [-0.25, -0.2) is 4.79 Å². The molecule has 0 spiro atoms. The van der Waals surface area contributed by atoms with Gasteiger partial charge in [-0.2, -0.15) is 0 Å². The third kappa shape index (κ3) is 4.91. The van der Waals surface area contributed by atoms with Gasteiger partial charge in [-0.05, 0) is 29.8 Å². The number of methoxy groups -OCH3 is 1.